The Morgan fingerprint density at radius 3 is 2.69 bits per heavy atom. The number of methoxy groups -OCH3 is 1. The highest BCUT2D eigenvalue weighted by atomic mass is 19.1. The Morgan fingerprint density at radius 2 is 2.04 bits per heavy atom. The molecule has 2 rings (SSSR count). The molecule has 1 aliphatic heterocycles. The van der Waals surface area contributed by atoms with Crippen LogP contribution in [-0.2, 0) is 9.53 Å². The number of esters is 1. The van der Waals surface area contributed by atoms with Gasteiger partial charge in [0.2, 0.25) is 0 Å². The molecule has 0 saturated carbocycles. The zero-order valence-electron chi connectivity index (χ0n) is 16.0. The van der Waals surface area contributed by atoms with Crippen molar-refractivity contribution < 1.29 is 18.7 Å². The van der Waals surface area contributed by atoms with Crippen molar-refractivity contribution >= 4 is 17.2 Å². The predicted octanol–water partition coefficient (Wildman–Crippen LogP) is 4.67. The molecule has 0 aromatic heterocycles. The van der Waals surface area contributed by atoms with Gasteiger partial charge >= 0.3 is 5.97 Å². The van der Waals surface area contributed by atoms with E-state index in [0.717, 1.165) is 23.5 Å². The molecule has 0 N–H and O–H groups in total. The van der Waals surface area contributed by atoms with Crippen molar-refractivity contribution in [1.29, 1.82) is 0 Å². The van der Waals surface area contributed by atoms with Crippen molar-refractivity contribution in [3.05, 3.63) is 53.4 Å². The minimum atomic E-state index is -0.463. The van der Waals surface area contributed by atoms with Crippen LogP contribution in [0.4, 0.5) is 10.1 Å². The van der Waals surface area contributed by atoms with E-state index in [9.17, 15) is 9.18 Å². The fraction of sp³-hybridized carbons (Fsp3) is 0.381. The molecule has 0 fully saturated rings. The number of halogens is 1. The molecule has 0 aliphatic carbocycles. The van der Waals surface area contributed by atoms with Gasteiger partial charge in [0.25, 0.3) is 0 Å². The van der Waals surface area contributed by atoms with E-state index in [0.29, 0.717) is 23.8 Å². The van der Waals surface area contributed by atoms with Gasteiger partial charge in [0.1, 0.15) is 18.2 Å². The van der Waals surface area contributed by atoms with Gasteiger partial charge in [-0.05, 0) is 62.6 Å². The number of rotatable bonds is 5. The number of carbonyl (C=O) groups excluding carboxylic acids is 1. The Labute approximate surface area is 154 Å². The summed E-state index contributed by atoms with van der Waals surface area (Å²) in [6.07, 6.45) is 4.21. The monoisotopic (exact) mass is 359 g/mol. The van der Waals surface area contributed by atoms with Crippen LogP contribution in [0, 0.1) is 0 Å². The first-order valence-electron chi connectivity index (χ1n) is 8.68. The summed E-state index contributed by atoms with van der Waals surface area (Å²) in [7, 11) is 1.30. The maximum atomic E-state index is 14.5. The fourth-order valence-electron chi connectivity index (χ4n) is 2.77. The highest BCUT2D eigenvalue weighted by molar-refractivity contribution is 5.83. The lowest BCUT2D eigenvalue weighted by Crippen LogP contribution is -2.37. The standard InChI is InChI=1S/C21H26FNO3/c1-14(2)23-10-11-26-20-13-17(7-9-19(20)23)16(4)18(22)8-6-15(3)12-21(24)25-5/h6-9,12-14H,10-11H2,1-5H3. The number of nitrogens with zero attached hydrogens (tertiary/aromatic N) is 1. The second kappa shape index (κ2) is 8.70. The van der Waals surface area contributed by atoms with E-state index in [2.05, 4.69) is 23.5 Å². The van der Waals surface area contributed by atoms with E-state index >= 15 is 0 Å². The Bertz CT molecular complexity index is 763. The lowest BCUT2D eigenvalue weighted by Gasteiger charge is -2.34. The summed E-state index contributed by atoms with van der Waals surface area (Å²) in [5.41, 5.74) is 2.93. The molecule has 0 saturated heterocycles. The summed E-state index contributed by atoms with van der Waals surface area (Å²) in [4.78, 5) is 13.5. The van der Waals surface area contributed by atoms with Gasteiger partial charge in [0, 0.05) is 12.1 Å². The average Bonchev–Trinajstić information content (AvgIpc) is 2.64. The van der Waals surface area contributed by atoms with Gasteiger partial charge in [-0.3, -0.25) is 0 Å². The Balaban J connectivity index is 2.26. The Morgan fingerprint density at radius 1 is 1.31 bits per heavy atom. The summed E-state index contributed by atoms with van der Waals surface area (Å²) < 4.78 is 24.8. The third-order valence-electron chi connectivity index (χ3n) is 4.31. The molecule has 0 amide bonds. The van der Waals surface area contributed by atoms with Crippen LogP contribution in [0.3, 0.4) is 0 Å². The molecule has 1 aromatic carbocycles. The van der Waals surface area contributed by atoms with Gasteiger partial charge < -0.3 is 14.4 Å². The smallest absolute Gasteiger partial charge is 0.330 e. The number of hydrogen-bond donors (Lipinski definition) is 0. The quantitative estimate of drug-likeness (QED) is 0.435. The van der Waals surface area contributed by atoms with Gasteiger partial charge in [-0.25, -0.2) is 9.18 Å². The molecule has 4 nitrogen and oxygen atoms in total. The maximum Gasteiger partial charge on any atom is 0.330 e. The van der Waals surface area contributed by atoms with Crippen LogP contribution < -0.4 is 9.64 Å². The number of hydrogen-bond acceptors (Lipinski definition) is 4. The second-order valence-corrected chi connectivity index (χ2v) is 6.54. The van der Waals surface area contributed by atoms with Crippen molar-refractivity contribution in [3.63, 3.8) is 0 Å². The number of carbonyl (C=O) groups is 1. The number of ether oxygens (including phenoxy) is 2. The Hall–Kier alpha value is -2.56. The van der Waals surface area contributed by atoms with Crippen molar-refractivity contribution in [3.8, 4) is 5.75 Å². The van der Waals surface area contributed by atoms with Crippen molar-refractivity contribution in [2.45, 2.75) is 33.7 Å². The topological polar surface area (TPSA) is 38.8 Å². The van der Waals surface area contributed by atoms with E-state index in [-0.39, 0.29) is 5.83 Å². The first kappa shape index (κ1) is 19.8. The average molecular weight is 359 g/mol. The van der Waals surface area contributed by atoms with E-state index < -0.39 is 5.97 Å². The third kappa shape index (κ3) is 4.75. The first-order chi connectivity index (χ1) is 12.3. The van der Waals surface area contributed by atoms with Gasteiger partial charge in [-0.2, -0.15) is 0 Å². The molecule has 1 aliphatic rings. The molecule has 0 spiro atoms. The van der Waals surface area contributed by atoms with Crippen molar-refractivity contribution in [2.75, 3.05) is 25.2 Å². The van der Waals surface area contributed by atoms with E-state index in [4.69, 9.17) is 4.74 Å². The molecule has 26 heavy (non-hydrogen) atoms. The summed E-state index contributed by atoms with van der Waals surface area (Å²) in [5.74, 6) is -0.0470. The summed E-state index contributed by atoms with van der Waals surface area (Å²) in [5, 5.41) is 0. The molecule has 5 heteroatoms. The van der Waals surface area contributed by atoms with Gasteiger partial charge in [-0.1, -0.05) is 12.1 Å². The summed E-state index contributed by atoms with van der Waals surface area (Å²) in [6, 6.07) is 6.14. The summed E-state index contributed by atoms with van der Waals surface area (Å²) in [6.45, 7) is 9.19. The molecular weight excluding hydrogens is 333 g/mol. The van der Waals surface area contributed by atoms with Crippen LogP contribution >= 0.6 is 0 Å². The molecule has 1 aromatic rings. The molecular formula is C21H26FNO3. The van der Waals surface area contributed by atoms with E-state index in [1.165, 1.54) is 19.3 Å². The van der Waals surface area contributed by atoms with Crippen LogP contribution in [0.25, 0.3) is 5.57 Å². The molecule has 0 atom stereocenters. The minimum Gasteiger partial charge on any atom is -0.490 e. The van der Waals surface area contributed by atoms with E-state index in [1.807, 2.05) is 18.2 Å². The number of benzene rings is 1. The zero-order chi connectivity index (χ0) is 19.3. The highest BCUT2D eigenvalue weighted by Crippen LogP contribution is 2.36. The second-order valence-electron chi connectivity index (χ2n) is 6.54. The molecule has 0 unspecified atom stereocenters. The van der Waals surface area contributed by atoms with Crippen molar-refractivity contribution in [2.24, 2.45) is 0 Å². The third-order valence-corrected chi connectivity index (χ3v) is 4.31. The summed E-state index contributed by atoms with van der Waals surface area (Å²) >= 11 is 0. The van der Waals surface area contributed by atoms with E-state index in [1.54, 1.807) is 19.9 Å². The molecule has 140 valence electrons. The fourth-order valence-corrected chi connectivity index (χ4v) is 2.77. The lowest BCUT2D eigenvalue weighted by atomic mass is 10.0. The maximum absolute atomic E-state index is 14.5. The number of fused-ring (bicyclic) bond motifs is 1. The Kier molecular flexibility index (Phi) is 6.61. The van der Waals surface area contributed by atoms with Gasteiger partial charge in [-0.15, -0.1) is 0 Å². The van der Waals surface area contributed by atoms with Crippen LogP contribution in [0.2, 0.25) is 0 Å². The van der Waals surface area contributed by atoms with Gasteiger partial charge in [0.15, 0.2) is 0 Å². The first-order valence-corrected chi connectivity index (χ1v) is 8.68. The van der Waals surface area contributed by atoms with Crippen LogP contribution in [-0.4, -0.2) is 32.3 Å². The molecule has 0 bridgehead atoms. The number of allylic oxidation sites excluding steroid dienone is 5. The lowest BCUT2D eigenvalue weighted by molar-refractivity contribution is -0.134. The van der Waals surface area contributed by atoms with Gasteiger partial charge in [0.05, 0.1) is 19.3 Å². The zero-order valence-corrected chi connectivity index (χ0v) is 16.0. The van der Waals surface area contributed by atoms with Crippen molar-refractivity contribution in [1.82, 2.24) is 0 Å². The SMILES string of the molecule is COC(=O)C=C(C)C=CC(F)=C(C)c1ccc2c(c1)OCCN2C(C)C. The van der Waals surface area contributed by atoms with Crippen LogP contribution in [0.15, 0.2) is 47.8 Å². The number of anilines is 1. The van der Waals surface area contributed by atoms with Crippen LogP contribution in [0.5, 0.6) is 5.75 Å². The highest BCUT2D eigenvalue weighted by Gasteiger charge is 2.20. The largest absolute Gasteiger partial charge is 0.490 e. The minimum absolute atomic E-state index is 0.362. The molecule has 1 heterocycles. The van der Waals surface area contributed by atoms with Crippen LogP contribution in [0.1, 0.15) is 33.3 Å². The molecule has 0 radical (unpaired) electrons. The normalized spacial score (nSPS) is 15.7. The predicted molar refractivity (Wildman–Crippen MR) is 103 cm³/mol.